The summed E-state index contributed by atoms with van der Waals surface area (Å²) in [5.74, 6) is 0.734. The molecular formula is C12H28N2O. The topological polar surface area (TPSA) is 33.3 Å². The molecule has 0 spiro atoms. The van der Waals surface area contributed by atoms with Crippen LogP contribution in [0, 0.1) is 5.92 Å². The predicted octanol–water partition coefficient (Wildman–Crippen LogP) is 1.64. The Morgan fingerprint density at radius 3 is 2.20 bits per heavy atom. The summed E-state index contributed by atoms with van der Waals surface area (Å²) in [6.07, 6.45) is 1.05. The monoisotopic (exact) mass is 216 g/mol. The molecule has 0 amide bonds. The summed E-state index contributed by atoms with van der Waals surface area (Å²) >= 11 is 0. The van der Waals surface area contributed by atoms with Gasteiger partial charge in [-0.15, -0.1) is 0 Å². The van der Waals surface area contributed by atoms with Crippen LogP contribution in [0.2, 0.25) is 0 Å². The van der Waals surface area contributed by atoms with E-state index >= 15 is 0 Å². The molecule has 0 rings (SSSR count). The molecule has 0 saturated heterocycles. The zero-order chi connectivity index (χ0) is 11.7. The zero-order valence-corrected chi connectivity index (χ0v) is 11.0. The molecular weight excluding hydrogens is 188 g/mol. The van der Waals surface area contributed by atoms with Crippen LogP contribution in [0.3, 0.4) is 0 Å². The van der Waals surface area contributed by atoms with Gasteiger partial charge in [0, 0.05) is 20.2 Å². The Morgan fingerprint density at radius 2 is 1.67 bits per heavy atom. The Morgan fingerprint density at radius 1 is 1.07 bits per heavy atom. The number of rotatable bonds is 9. The molecule has 0 fully saturated rings. The molecule has 0 aliphatic heterocycles. The number of methoxy groups -OCH3 is 1. The third-order valence-electron chi connectivity index (χ3n) is 2.49. The third kappa shape index (κ3) is 10.2. The first-order chi connectivity index (χ1) is 6.98. The molecule has 0 aromatic carbocycles. The van der Waals surface area contributed by atoms with Gasteiger partial charge in [-0.05, 0) is 39.3 Å². The fourth-order valence-corrected chi connectivity index (χ4v) is 1.18. The van der Waals surface area contributed by atoms with E-state index in [1.54, 1.807) is 7.11 Å². The minimum atomic E-state index is -0.00163. The van der Waals surface area contributed by atoms with Crippen LogP contribution >= 0.6 is 0 Å². The van der Waals surface area contributed by atoms with Gasteiger partial charge in [0.1, 0.15) is 0 Å². The van der Waals surface area contributed by atoms with Gasteiger partial charge in [-0.2, -0.15) is 0 Å². The van der Waals surface area contributed by atoms with Crippen molar-refractivity contribution in [3.8, 4) is 0 Å². The van der Waals surface area contributed by atoms with Gasteiger partial charge < -0.3 is 15.4 Å². The fourth-order valence-electron chi connectivity index (χ4n) is 1.18. The highest BCUT2D eigenvalue weighted by molar-refractivity contribution is 4.69. The highest BCUT2D eigenvalue weighted by Gasteiger charge is 2.14. The van der Waals surface area contributed by atoms with Crippen LogP contribution in [0.15, 0.2) is 0 Å². The van der Waals surface area contributed by atoms with E-state index in [1.807, 2.05) is 0 Å². The molecule has 0 bridgehead atoms. The average Bonchev–Trinajstić information content (AvgIpc) is 2.16. The van der Waals surface area contributed by atoms with Gasteiger partial charge in [-0.25, -0.2) is 0 Å². The highest BCUT2D eigenvalue weighted by atomic mass is 16.5. The molecule has 0 aliphatic rings. The molecule has 15 heavy (non-hydrogen) atoms. The molecule has 0 unspecified atom stereocenters. The molecule has 92 valence electrons. The van der Waals surface area contributed by atoms with Crippen molar-refractivity contribution in [2.24, 2.45) is 5.92 Å². The van der Waals surface area contributed by atoms with Gasteiger partial charge in [0.2, 0.25) is 0 Å². The van der Waals surface area contributed by atoms with Crippen LogP contribution in [0.25, 0.3) is 0 Å². The molecule has 0 atom stereocenters. The maximum Gasteiger partial charge on any atom is 0.0634 e. The summed E-state index contributed by atoms with van der Waals surface area (Å²) in [5, 5.41) is 6.81. The molecule has 0 aromatic rings. The summed E-state index contributed by atoms with van der Waals surface area (Å²) in [6.45, 7) is 12.9. The van der Waals surface area contributed by atoms with Crippen molar-refractivity contribution in [1.29, 1.82) is 0 Å². The highest BCUT2D eigenvalue weighted by Crippen LogP contribution is 2.10. The fraction of sp³-hybridized carbons (Fsp3) is 1.00. The zero-order valence-electron chi connectivity index (χ0n) is 11.0. The smallest absolute Gasteiger partial charge is 0.0634 e. The van der Waals surface area contributed by atoms with Crippen molar-refractivity contribution in [2.75, 3.05) is 33.3 Å². The van der Waals surface area contributed by atoms with Gasteiger partial charge in [-0.3, -0.25) is 0 Å². The lowest BCUT2D eigenvalue weighted by Crippen LogP contribution is -2.33. The van der Waals surface area contributed by atoms with Crippen LogP contribution in [0.4, 0.5) is 0 Å². The summed E-state index contributed by atoms with van der Waals surface area (Å²) in [4.78, 5) is 0. The van der Waals surface area contributed by atoms with E-state index in [1.165, 1.54) is 0 Å². The first kappa shape index (κ1) is 14.9. The Hall–Kier alpha value is -0.120. The minimum Gasteiger partial charge on any atom is -0.379 e. The van der Waals surface area contributed by atoms with E-state index < -0.39 is 0 Å². The van der Waals surface area contributed by atoms with Crippen LogP contribution < -0.4 is 10.6 Å². The summed E-state index contributed by atoms with van der Waals surface area (Å²) in [7, 11) is 1.77. The second-order valence-corrected chi connectivity index (χ2v) is 5.06. The van der Waals surface area contributed by atoms with E-state index in [0.717, 1.165) is 38.5 Å². The first-order valence-electron chi connectivity index (χ1n) is 5.94. The Bertz CT molecular complexity index is 147. The molecule has 3 nitrogen and oxygen atoms in total. The number of hydrogen-bond donors (Lipinski definition) is 2. The average molecular weight is 216 g/mol. The van der Waals surface area contributed by atoms with Crippen molar-refractivity contribution in [3.05, 3.63) is 0 Å². The molecule has 0 radical (unpaired) electrons. The number of hydrogen-bond acceptors (Lipinski definition) is 3. The number of ether oxygens (including phenoxy) is 1. The van der Waals surface area contributed by atoms with E-state index in [9.17, 15) is 0 Å². The minimum absolute atomic E-state index is 0.00163. The first-order valence-corrected chi connectivity index (χ1v) is 5.94. The number of nitrogens with one attached hydrogen (secondary N) is 2. The lowest BCUT2D eigenvalue weighted by molar-refractivity contribution is 0.0159. The Balaban J connectivity index is 3.18. The van der Waals surface area contributed by atoms with Crippen LogP contribution in [0.1, 0.15) is 34.1 Å². The van der Waals surface area contributed by atoms with Crippen molar-refractivity contribution in [3.63, 3.8) is 0 Å². The maximum absolute atomic E-state index is 5.34. The summed E-state index contributed by atoms with van der Waals surface area (Å²) in [5.41, 5.74) is -0.00163. The van der Waals surface area contributed by atoms with Gasteiger partial charge >= 0.3 is 0 Å². The van der Waals surface area contributed by atoms with E-state index in [4.69, 9.17) is 4.74 Å². The second-order valence-electron chi connectivity index (χ2n) is 5.06. The van der Waals surface area contributed by atoms with Gasteiger partial charge in [0.25, 0.3) is 0 Å². The molecule has 0 aromatic heterocycles. The van der Waals surface area contributed by atoms with E-state index in [-0.39, 0.29) is 5.60 Å². The normalized spacial score (nSPS) is 12.4. The maximum atomic E-state index is 5.34. The lowest BCUT2D eigenvalue weighted by atomic mass is 10.1. The van der Waals surface area contributed by atoms with Crippen molar-refractivity contribution in [1.82, 2.24) is 10.6 Å². The van der Waals surface area contributed by atoms with Gasteiger partial charge in [0.05, 0.1) is 5.60 Å². The third-order valence-corrected chi connectivity index (χ3v) is 2.49. The van der Waals surface area contributed by atoms with Crippen molar-refractivity contribution < 1.29 is 4.74 Å². The summed E-state index contributed by atoms with van der Waals surface area (Å²) in [6, 6.07) is 0. The Kier molecular flexibility index (Phi) is 8.02. The van der Waals surface area contributed by atoms with Crippen LogP contribution in [-0.4, -0.2) is 38.9 Å². The lowest BCUT2D eigenvalue weighted by Gasteiger charge is -2.22. The molecule has 0 aliphatic carbocycles. The molecule has 3 heteroatoms. The van der Waals surface area contributed by atoms with E-state index in [0.29, 0.717) is 0 Å². The molecule has 0 heterocycles. The Labute approximate surface area is 95.0 Å². The standard InChI is InChI=1S/C12H28N2O/c1-11(2)10-14-9-8-13-7-6-12(3,4)15-5/h11,13-14H,6-10H2,1-5H3. The quantitative estimate of drug-likeness (QED) is 0.575. The van der Waals surface area contributed by atoms with Gasteiger partial charge in [-0.1, -0.05) is 13.8 Å². The molecule has 2 N–H and O–H groups in total. The predicted molar refractivity (Wildman–Crippen MR) is 66.3 cm³/mol. The van der Waals surface area contributed by atoms with Crippen LogP contribution in [0.5, 0.6) is 0 Å². The largest absolute Gasteiger partial charge is 0.379 e. The SMILES string of the molecule is COC(C)(C)CCNCCNCC(C)C. The van der Waals surface area contributed by atoms with Gasteiger partial charge in [0.15, 0.2) is 0 Å². The second kappa shape index (κ2) is 8.08. The van der Waals surface area contributed by atoms with E-state index in [2.05, 4.69) is 38.3 Å². The molecule has 0 saturated carbocycles. The van der Waals surface area contributed by atoms with Crippen LogP contribution in [-0.2, 0) is 4.74 Å². The summed E-state index contributed by atoms with van der Waals surface area (Å²) < 4.78 is 5.34. The van der Waals surface area contributed by atoms with Crippen molar-refractivity contribution >= 4 is 0 Å². The van der Waals surface area contributed by atoms with Crippen molar-refractivity contribution in [2.45, 2.75) is 39.7 Å².